The third-order valence-corrected chi connectivity index (χ3v) is 11.8. The molecule has 15 heteroatoms. The van der Waals surface area contributed by atoms with E-state index in [1.54, 1.807) is 0 Å². The van der Waals surface area contributed by atoms with Crippen LogP contribution in [0, 0.1) is 47.3 Å². The average Bonchev–Trinajstić information content (AvgIpc) is 3.50. The van der Waals surface area contributed by atoms with Crippen LogP contribution in [0.2, 0.25) is 0 Å². The molecule has 7 atom stereocenters. The van der Waals surface area contributed by atoms with Crippen molar-refractivity contribution in [3.63, 3.8) is 0 Å². The van der Waals surface area contributed by atoms with Gasteiger partial charge in [-0.2, -0.15) is 17.2 Å². The van der Waals surface area contributed by atoms with Gasteiger partial charge in [0, 0.05) is 11.8 Å². The third-order valence-electron chi connectivity index (χ3n) is 10.7. The van der Waals surface area contributed by atoms with E-state index in [1.807, 2.05) is 6.92 Å². The van der Waals surface area contributed by atoms with Crippen LogP contribution in [-0.2, 0) is 53.0 Å². The zero-order valence-corrected chi connectivity index (χ0v) is 23.9. The van der Waals surface area contributed by atoms with Crippen molar-refractivity contribution in [3.05, 3.63) is 0 Å². The fourth-order valence-electron chi connectivity index (χ4n) is 8.95. The maximum absolute atomic E-state index is 13.7. The van der Waals surface area contributed by atoms with Gasteiger partial charge in [0.2, 0.25) is 0 Å². The van der Waals surface area contributed by atoms with Crippen LogP contribution in [-0.4, -0.2) is 79.2 Å². The molecular formula is C27H34F2O12S. The Morgan fingerprint density at radius 2 is 1.62 bits per heavy atom. The maximum Gasteiger partial charge on any atom is 0.405 e. The van der Waals surface area contributed by atoms with Gasteiger partial charge in [-0.05, 0) is 76.0 Å². The van der Waals surface area contributed by atoms with Crippen molar-refractivity contribution in [2.24, 2.45) is 47.3 Å². The summed E-state index contributed by atoms with van der Waals surface area (Å²) in [6.45, 7) is 0.798. The summed E-state index contributed by atoms with van der Waals surface area (Å²) >= 11 is 0. The molecule has 1 aliphatic heterocycles. The van der Waals surface area contributed by atoms with E-state index >= 15 is 0 Å². The minimum absolute atomic E-state index is 0.291. The van der Waals surface area contributed by atoms with Gasteiger partial charge in [-0.1, -0.05) is 0 Å². The van der Waals surface area contributed by atoms with E-state index in [2.05, 4.69) is 4.74 Å². The maximum atomic E-state index is 13.7. The lowest BCUT2D eigenvalue weighted by atomic mass is 9.50. The first-order valence-electron chi connectivity index (χ1n) is 14.3. The van der Waals surface area contributed by atoms with Crippen molar-refractivity contribution < 1.29 is 64.6 Å². The highest BCUT2D eigenvalue weighted by molar-refractivity contribution is 7.86. The van der Waals surface area contributed by atoms with Crippen molar-refractivity contribution in [1.29, 1.82) is 0 Å². The number of carbonyl (C=O) groups is 4. The van der Waals surface area contributed by atoms with Crippen LogP contribution in [0.25, 0.3) is 0 Å². The van der Waals surface area contributed by atoms with Gasteiger partial charge < -0.3 is 23.7 Å². The van der Waals surface area contributed by atoms with E-state index in [9.17, 15) is 36.4 Å². The number of fused-ring (bicyclic) bond motifs is 1. The Morgan fingerprint density at radius 1 is 1.02 bits per heavy atom. The minimum Gasteiger partial charge on any atom is -0.459 e. The summed E-state index contributed by atoms with van der Waals surface area (Å²) in [5, 5.41) is -4.74. The molecule has 6 aliphatic carbocycles. The Kier molecular flexibility index (Phi) is 7.12. The highest BCUT2D eigenvalue weighted by Crippen LogP contribution is 2.62. The first-order chi connectivity index (χ1) is 19.6. The molecule has 6 bridgehead atoms. The van der Waals surface area contributed by atoms with E-state index in [0.717, 1.165) is 25.7 Å². The lowest BCUT2D eigenvalue weighted by Crippen LogP contribution is -2.59. The van der Waals surface area contributed by atoms with E-state index < -0.39 is 94.1 Å². The Balaban J connectivity index is 1.04. The van der Waals surface area contributed by atoms with Gasteiger partial charge in [0.25, 0.3) is 0 Å². The fourth-order valence-corrected chi connectivity index (χ4v) is 9.42. The molecule has 6 saturated carbocycles. The summed E-state index contributed by atoms with van der Waals surface area (Å²) in [5.41, 5.74) is -0.592. The Bertz CT molecular complexity index is 1260. The monoisotopic (exact) mass is 620 g/mol. The Labute approximate surface area is 240 Å². The van der Waals surface area contributed by atoms with Crippen LogP contribution >= 0.6 is 0 Å². The van der Waals surface area contributed by atoms with E-state index in [1.165, 1.54) is 6.42 Å². The first-order valence-corrected chi connectivity index (χ1v) is 15.8. The molecule has 234 valence electrons. The van der Waals surface area contributed by atoms with Gasteiger partial charge in [-0.15, -0.1) is 0 Å². The average molecular weight is 621 g/mol. The smallest absolute Gasteiger partial charge is 0.405 e. The number of carbonyl (C=O) groups excluding carboxylic acids is 4. The number of esters is 4. The molecule has 0 amide bonds. The van der Waals surface area contributed by atoms with Crippen LogP contribution < -0.4 is 0 Å². The predicted octanol–water partition coefficient (Wildman–Crippen LogP) is 1.89. The molecule has 42 heavy (non-hydrogen) atoms. The summed E-state index contributed by atoms with van der Waals surface area (Å²) < 4.78 is 83.8. The van der Waals surface area contributed by atoms with Crippen molar-refractivity contribution in [1.82, 2.24) is 0 Å². The first kappa shape index (κ1) is 29.7. The van der Waals surface area contributed by atoms with Crippen LogP contribution in [0.4, 0.5) is 8.78 Å². The molecule has 1 saturated heterocycles. The normalized spacial score (nSPS) is 41.9. The van der Waals surface area contributed by atoms with Gasteiger partial charge in [0.05, 0.1) is 11.8 Å². The molecule has 12 nitrogen and oxygen atoms in total. The largest absolute Gasteiger partial charge is 0.459 e. The second-order valence-corrected chi connectivity index (χ2v) is 14.5. The van der Waals surface area contributed by atoms with Crippen LogP contribution in [0.15, 0.2) is 0 Å². The summed E-state index contributed by atoms with van der Waals surface area (Å²) in [7, 11) is -5.83. The molecule has 7 unspecified atom stereocenters. The van der Waals surface area contributed by atoms with Crippen molar-refractivity contribution >= 4 is 34.0 Å². The number of hydrogen-bond donors (Lipinski definition) is 1. The SMILES string of the molecule is CC(OC(=O)COCC(=O)OC1C2CC3C1OC(=O)C3C2C(=O)OC1(C)C2CC3CC(C2)CC1C3)C(F)(F)S(=O)(=O)O. The Hall–Kier alpha value is -2.39. The molecule has 7 aliphatic rings. The highest BCUT2D eigenvalue weighted by atomic mass is 32.2. The molecule has 0 aromatic heterocycles. The molecular weight excluding hydrogens is 586 g/mol. The quantitative estimate of drug-likeness (QED) is 0.214. The molecule has 1 N–H and O–H groups in total. The second kappa shape index (κ2) is 10.1. The Morgan fingerprint density at radius 3 is 2.21 bits per heavy atom. The van der Waals surface area contributed by atoms with Crippen LogP contribution in [0.3, 0.4) is 0 Å². The summed E-state index contributed by atoms with van der Waals surface area (Å²) in [4.78, 5) is 50.8. The lowest BCUT2D eigenvalue weighted by molar-refractivity contribution is -0.211. The molecule has 0 aromatic carbocycles. The predicted molar refractivity (Wildman–Crippen MR) is 133 cm³/mol. The number of hydrogen-bond acceptors (Lipinski definition) is 11. The standard InChI is InChI=1S/C27H34F2O12S/c1-11(27(28,29)42(34,35)36)38-18(30)9-37-10-19(31)39-22-17-8-16-20(24(32)40-23(16)22)21(17)25(33)41-26(2)14-4-12-3-13(6-14)7-15(26)5-12/h11-17,20-23H,3-10H2,1-2H3,(H,34,35,36). The van der Waals surface area contributed by atoms with Gasteiger partial charge >= 0.3 is 39.2 Å². The summed E-state index contributed by atoms with van der Waals surface area (Å²) in [5.74, 6) is -3.65. The fraction of sp³-hybridized carbons (Fsp3) is 0.852. The minimum atomic E-state index is -5.83. The third kappa shape index (κ3) is 4.70. The van der Waals surface area contributed by atoms with Crippen molar-refractivity contribution in [2.45, 2.75) is 81.5 Å². The second-order valence-electron chi connectivity index (χ2n) is 13.0. The van der Waals surface area contributed by atoms with E-state index in [0.29, 0.717) is 37.0 Å². The molecule has 7 fully saturated rings. The number of halogens is 2. The zero-order chi connectivity index (χ0) is 30.4. The van der Waals surface area contributed by atoms with E-state index in [-0.39, 0.29) is 5.92 Å². The van der Waals surface area contributed by atoms with Crippen LogP contribution in [0.1, 0.15) is 52.4 Å². The van der Waals surface area contributed by atoms with Crippen molar-refractivity contribution in [2.75, 3.05) is 13.2 Å². The highest BCUT2D eigenvalue weighted by Gasteiger charge is 2.71. The van der Waals surface area contributed by atoms with Gasteiger partial charge in [0.15, 0.2) is 6.10 Å². The zero-order valence-electron chi connectivity index (χ0n) is 23.1. The molecule has 0 spiro atoms. The lowest BCUT2D eigenvalue weighted by Gasteiger charge is -2.59. The van der Waals surface area contributed by atoms with Crippen molar-refractivity contribution in [3.8, 4) is 0 Å². The molecule has 7 rings (SSSR count). The van der Waals surface area contributed by atoms with E-state index in [4.69, 9.17) is 23.5 Å². The number of rotatable bonds is 10. The number of alkyl halides is 2. The summed E-state index contributed by atoms with van der Waals surface area (Å²) in [6, 6.07) is 0. The number of ether oxygens (including phenoxy) is 5. The molecule has 0 aromatic rings. The topological polar surface area (TPSA) is 169 Å². The van der Waals surface area contributed by atoms with Gasteiger partial charge in [0.1, 0.15) is 31.0 Å². The molecule has 0 radical (unpaired) electrons. The van der Waals surface area contributed by atoms with Gasteiger partial charge in [-0.3, -0.25) is 14.1 Å². The molecule has 1 heterocycles. The summed E-state index contributed by atoms with van der Waals surface area (Å²) in [6.07, 6.45) is 1.69. The van der Waals surface area contributed by atoms with Gasteiger partial charge in [-0.25, -0.2) is 9.59 Å². The van der Waals surface area contributed by atoms with Crippen LogP contribution in [0.5, 0.6) is 0 Å².